The fourth-order valence-corrected chi connectivity index (χ4v) is 1.81. The van der Waals surface area contributed by atoms with Gasteiger partial charge in [-0.2, -0.15) is 13.2 Å². The van der Waals surface area contributed by atoms with Gasteiger partial charge in [0, 0.05) is 6.54 Å². The van der Waals surface area contributed by atoms with Crippen LogP contribution in [-0.2, 0) is 6.18 Å². The molecule has 5 heteroatoms. The van der Waals surface area contributed by atoms with E-state index in [1.54, 1.807) is 12.1 Å². The predicted molar refractivity (Wildman–Crippen MR) is 59.0 cm³/mol. The lowest BCUT2D eigenvalue weighted by Gasteiger charge is -2.31. The molecule has 17 heavy (non-hydrogen) atoms. The van der Waals surface area contributed by atoms with Gasteiger partial charge in [-0.1, -0.05) is 18.2 Å². The van der Waals surface area contributed by atoms with Crippen LogP contribution < -0.4 is 0 Å². The van der Waals surface area contributed by atoms with Gasteiger partial charge in [0.05, 0.1) is 5.56 Å². The van der Waals surface area contributed by atoms with Gasteiger partial charge in [0.15, 0.2) is 0 Å². The van der Waals surface area contributed by atoms with Crippen LogP contribution in [0.15, 0.2) is 30.3 Å². The highest BCUT2D eigenvalue weighted by Crippen LogP contribution is 2.32. The normalized spacial score (nSPS) is 18.0. The quantitative estimate of drug-likeness (QED) is 0.755. The van der Waals surface area contributed by atoms with Crippen LogP contribution in [0, 0.1) is 5.21 Å². The fourth-order valence-electron chi connectivity index (χ4n) is 1.81. The van der Waals surface area contributed by atoms with E-state index in [2.05, 4.69) is 0 Å². The molecule has 1 heterocycles. The van der Waals surface area contributed by atoms with Crippen molar-refractivity contribution >= 4 is 5.57 Å². The Morgan fingerprint density at radius 2 is 2.00 bits per heavy atom. The first kappa shape index (κ1) is 12.1. The Hall–Kier alpha value is -1.33. The van der Waals surface area contributed by atoms with Gasteiger partial charge in [0.2, 0.25) is 0 Å². The molecule has 0 aromatic heterocycles. The SMILES string of the molecule is [O-]N1CC=C(c2cccc(C(F)(F)F)c2)CC1. The molecule has 0 aliphatic carbocycles. The molecular formula is C12H11F3NO-. The molecule has 0 radical (unpaired) electrons. The summed E-state index contributed by atoms with van der Waals surface area (Å²) in [6.07, 6.45) is -2.15. The highest BCUT2D eigenvalue weighted by molar-refractivity contribution is 5.67. The monoisotopic (exact) mass is 242 g/mol. The lowest BCUT2D eigenvalue weighted by atomic mass is 9.98. The average Bonchev–Trinajstić information content (AvgIpc) is 2.29. The van der Waals surface area contributed by atoms with Gasteiger partial charge in [-0.15, -0.1) is 0 Å². The molecule has 92 valence electrons. The standard InChI is InChI=1S/C12H11F3NO/c13-12(14,15)11-3-1-2-10(8-11)9-4-6-16(17)7-5-9/h1-4,8H,5-7H2/q-1. The van der Waals surface area contributed by atoms with Crippen LogP contribution in [0.1, 0.15) is 17.5 Å². The fraction of sp³-hybridized carbons (Fsp3) is 0.333. The van der Waals surface area contributed by atoms with Crippen molar-refractivity contribution in [1.29, 1.82) is 0 Å². The predicted octanol–water partition coefficient (Wildman–Crippen LogP) is 3.29. The Kier molecular flexibility index (Phi) is 3.22. The molecule has 0 fully saturated rings. The van der Waals surface area contributed by atoms with E-state index in [0.29, 0.717) is 18.5 Å². The molecule has 2 rings (SSSR count). The Morgan fingerprint density at radius 3 is 2.59 bits per heavy atom. The van der Waals surface area contributed by atoms with Gasteiger partial charge < -0.3 is 10.3 Å². The Balaban J connectivity index is 2.28. The van der Waals surface area contributed by atoms with E-state index in [1.165, 1.54) is 6.07 Å². The third-order valence-corrected chi connectivity index (χ3v) is 2.73. The van der Waals surface area contributed by atoms with Crippen molar-refractivity contribution in [2.75, 3.05) is 13.1 Å². The van der Waals surface area contributed by atoms with Gasteiger partial charge in [0.1, 0.15) is 0 Å². The van der Waals surface area contributed by atoms with Crippen LogP contribution in [-0.4, -0.2) is 18.2 Å². The number of rotatable bonds is 1. The number of benzene rings is 1. The largest absolute Gasteiger partial charge is 0.785 e. The van der Waals surface area contributed by atoms with Crippen molar-refractivity contribution in [3.8, 4) is 0 Å². The lowest BCUT2D eigenvalue weighted by molar-refractivity contribution is -0.137. The van der Waals surface area contributed by atoms with Gasteiger partial charge in [-0.05, 0) is 36.2 Å². The summed E-state index contributed by atoms with van der Waals surface area (Å²) in [5.74, 6) is 0. The highest BCUT2D eigenvalue weighted by Gasteiger charge is 2.30. The first-order valence-electron chi connectivity index (χ1n) is 5.25. The Labute approximate surface area is 96.9 Å². The molecule has 2 nitrogen and oxygen atoms in total. The zero-order valence-corrected chi connectivity index (χ0v) is 9.00. The van der Waals surface area contributed by atoms with Crippen LogP contribution in [0.25, 0.3) is 5.57 Å². The molecule has 0 saturated carbocycles. The van der Waals surface area contributed by atoms with Gasteiger partial charge in [-0.3, -0.25) is 0 Å². The van der Waals surface area contributed by atoms with Crippen LogP contribution in [0.2, 0.25) is 0 Å². The summed E-state index contributed by atoms with van der Waals surface area (Å²) in [6, 6.07) is 5.21. The second-order valence-corrected chi connectivity index (χ2v) is 3.95. The van der Waals surface area contributed by atoms with Gasteiger partial charge in [0.25, 0.3) is 0 Å². The van der Waals surface area contributed by atoms with Gasteiger partial charge >= 0.3 is 6.18 Å². The molecule has 0 N–H and O–H groups in total. The molecule has 0 atom stereocenters. The minimum absolute atomic E-state index is 0.242. The van der Waals surface area contributed by atoms with Crippen LogP contribution >= 0.6 is 0 Å². The van der Waals surface area contributed by atoms with E-state index in [9.17, 15) is 18.4 Å². The molecule has 1 aromatic rings. The highest BCUT2D eigenvalue weighted by atomic mass is 19.4. The number of nitrogens with zero attached hydrogens (tertiary/aromatic N) is 1. The van der Waals surface area contributed by atoms with E-state index in [1.807, 2.05) is 0 Å². The van der Waals surface area contributed by atoms with Crippen molar-refractivity contribution in [2.24, 2.45) is 0 Å². The molecule has 1 aromatic carbocycles. The minimum Gasteiger partial charge on any atom is -0.785 e. The van der Waals surface area contributed by atoms with Crippen molar-refractivity contribution in [3.63, 3.8) is 0 Å². The molecule has 1 aliphatic rings. The Bertz CT molecular complexity index is 440. The molecular weight excluding hydrogens is 231 g/mol. The average molecular weight is 242 g/mol. The van der Waals surface area contributed by atoms with Crippen LogP contribution in [0.5, 0.6) is 0 Å². The lowest BCUT2D eigenvalue weighted by Crippen LogP contribution is -2.22. The maximum Gasteiger partial charge on any atom is 0.416 e. The molecule has 0 amide bonds. The summed E-state index contributed by atoms with van der Waals surface area (Å²) in [7, 11) is 0. The molecule has 0 unspecified atom stereocenters. The molecule has 0 spiro atoms. The second-order valence-electron chi connectivity index (χ2n) is 3.95. The van der Waals surface area contributed by atoms with Crippen LogP contribution in [0.4, 0.5) is 13.2 Å². The third kappa shape index (κ3) is 2.87. The number of hydrogen-bond donors (Lipinski definition) is 0. The summed E-state index contributed by atoms with van der Waals surface area (Å²) < 4.78 is 37.6. The number of hydroxylamine groups is 2. The maximum absolute atomic E-state index is 12.5. The molecule has 0 bridgehead atoms. The van der Waals surface area contributed by atoms with Crippen molar-refractivity contribution in [3.05, 3.63) is 46.7 Å². The summed E-state index contributed by atoms with van der Waals surface area (Å²) in [4.78, 5) is 0. The zero-order valence-electron chi connectivity index (χ0n) is 9.00. The second kappa shape index (κ2) is 4.50. The van der Waals surface area contributed by atoms with E-state index >= 15 is 0 Å². The zero-order chi connectivity index (χ0) is 12.5. The number of hydrogen-bond acceptors (Lipinski definition) is 2. The van der Waals surface area contributed by atoms with E-state index in [0.717, 1.165) is 22.8 Å². The first-order chi connectivity index (χ1) is 7.97. The minimum atomic E-state index is -4.32. The number of alkyl halides is 3. The smallest absolute Gasteiger partial charge is 0.416 e. The number of halogens is 3. The summed E-state index contributed by atoms with van der Waals surface area (Å²) in [5.41, 5.74) is 0.705. The summed E-state index contributed by atoms with van der Waals surface area (Å²) >= 11 is 0. The maximum atomic E-state index is 12.5. The first-order valence-corrected chi connectivity index (χ1v) is 5.25. The van der Waals surface area contributed by atoms with E-state index < -0.39 is 11.7 Å². The van der Waals surface area contributed by atoms with Crippen molar-refractivity contribution < 1.29 is 13.2 Å². The van der Waals surface area contributed by atoms with Crippen molar-refractivity contribution in [1.82, 2.24) is 5.06 Å². The van der Waals surface area contributed by atoms with Crippen LogP contribution in [0.3, 0.4) is 0 Å². The topological polar surface area (TPSA) is 26.3 Å². The van der Waals surface area contributed by atoms with E-state index in [4.69, 9.17) is 0 Å². The summed E-state index contributed by atoms with van der Waals surface area (Å²) in [5, 5.41) is 11.8. The molecule has 0 saturated heterocycles. The summed E-state index contributed by atoms with van der Waals surface area (Å²) in [6.45, 7) is 0.577. The molecule has 1 aliphatic heterocycles. The Morgan fingerprint density at radius 1 is 1.24 bits per heavy atom. The van der Waals surface area contributed by atoms with E-state index in [-0.39, 0.29) is 6.54 Å². The van der Waals surface area contributed by atoms with Crippen molar-refractivity contribution in [2.45, 2.75) is 12.6 Å². The third-order valence-electron chi connectivity index (χ3n) is 2.73. The van der Waals surface area contributed by atoms with Gasteiger partial charge in [-0.25, -0.2) is 0 Å².